The average Bonchev–Trinajstić information content (AvgIpc) is 2.21. The van der Waals surface area contributed by atoms with Crippen LogP contribution in [0, 0.1) is 5.82 Å². The summed E-state index contributed by atoms with van der Waals surface area (Å²) in [6.07, 6.45) is 4.08. The van der Waals surface area contributed by atoms with Gasteiger partial charge in [0.2, 0.25) is 0 Å². The summed E-state index contributed by atoms with van der Waals surface area (Å²) >= 11 is 0. The predicted octanol–water partition coefficient (Wildman–Crippen LogP) is 1.26. The molecule has 5 heteroatoms. The Hall–Kier alpha value is -2.04. The second-order valence-corrected chi connectivity index (χ2v) is 2.70. The molecule has 14 heavy (non-hydrogen) atoms. The number of pyridine rings is 1. The summed E-state index contributed by atoms with van der Waals surface area (Å²) in [5, 5.41) is 0. The fraction of sp³-hybridized carbons (Fsp3) is 0. The molecule has 0 amide bonds. The van der Waals surface area contributed by atoms with Crippen molar-refractivity contribution in [2.75, 3.05) is 5.73 Å². The van der Waals surface area contributed by atoms with Gasteiger partial charge in [-0.2, -0.15) is 0 Å². The number of nitrogen functional groups attached to an aromatic ring is 1. The van der Waals surface area contributed by atoms with E-state index in [4.69, 9.17) is 5.73 Å². The highest BCUT2D eigenvalue weighted by molar-refractivity contribution is 5.49. The van der Waals surface area contributed by atoms with Crippen LogP contribution in [-0.4, -0.2) is 15.0 Å². The van der Waals surface area contributed by atoms with Gasteiger partial charge in [0.05, 0.1) is 24.3 Å². The van der Waals surface area contributed by atoms with Crippen molar-refractivity contribution >= 4 is 5.69 Å². The summed E-state index contributed by atoms with van der Waals surface area (Å²) in [5.74, 6) is 0.0448. The number of nitrogens with two attached hydrogens (primary N) is 1. The average molecular weight is 190 g/mol. The van der Waals surface area contributed by atoms with Crippen LogP contribution in [0.2, 0.25) is 0 Å². The Balaban J connectivity index is 2.40. The molecular formula is C9H7FN4. The van der Waals surface area contributed by atoms with Crippen LogP contribution in [0.4, 0.5) is 10.1 Å². The molecule has 2 aromatic rings. The molecule has 4 nitrogen and oxygen atoms in total. The second-order valence-electron chi connectivity index (χ2n) is 2.70. The standard InChI is InChI=1S/C9H7FN4/c10-6-1-2-8(12-3-6)9-13-4-7(11)5-14-9/h1-5H,11H2. The van der Waals surface area contributed by atoms with Crippen molar-refractivity contribution in [1.82, 2.24) is 15.0 Å². The highest BCUT2D eigenvalue weighted by Crippen LogP contribution is 2.11. The van der Waals surface area contributed by atoms with Gasteiger partial charge in [-0.25, -0.2) is 19.3 Å². The van der Waals surface area contributed by atoms with Gasteiger partial charge in [0.15, 0.2) is 5.82 Å². The molecule has 70 valence electrons. The lowest BCUT2D eigenvalue weighted by Gasteiger charge is -1.98. The number of hydrogen-bond donors (Lipinski definition) is 1. The van der Waals surface area contributed by atoms with E-state index in [1.807, 2.05) is 0 Å². The summed E-state index contributed by atoms with van der Waals surface area (Å²) in [4.78, 5) is 11.8. The van der Waals surface area contributed by atoms with E-state index in [0.29, 0.717) is 17.2 Å². The number of aromatic nitrogens is 3. The van der Waals surface area contributed by atoms with Gasteiger partial charge in [-0.05, 0) is 12.1 Å². The SMILES string of the molecule is Nc1cnc(-c2ccc(F)cn2)nc1. The van der Waals surface area contributed by atoms with Gasteiger partial charge in [-0.1, -0.05) is 0 Å². The number of anilines is 1. The first-order valence-corrected chi connectivity index (χ1v) is 3.95. The van der Waals surface area contributed by atoms with Crippen molar-refractivity contribution in [3.05, 3.63) is 36.5 Å². The molecule has 2 N–H and O–H groups in total. The Kier molecular flexibility index (Phi) is 2.06. The van der Waals surface area contributed by atoms with E-state index in [1.54, 1.807) is 0 Å². The first kappa shape index (κ1) is 8.55. The number of hydrogen-bond acceptors (Lipinski definition) is 4. The van der Waals surface area contributed by atoms with E-state index in [1.165, 1.54) is 24.5 Å². The van der Waals surface area contributed by atoms with Gasteiger partial charge in [0.1, 0.15) is 11.5 Å². The van der Waals surface area contributed by atoms with Crippen molar-refractivity contribution in [3.63, 3.8) is 0 Å². The maximum absolute atomic E-state index is 12.5. The van der Waals surface area contributed by atoms with Crippen molar-refractivity contribution < 1.29 is 4.39 Å². The lowest BCUT2D eigenvalue weighted by molar-refractivity contribution is 0.621. The molecule has 0 aliphatic heterocycles. The lowest BCUT2D eigenvalue weighted by Crippen LogP contribution is -1.94. The van der Waals surface area contributed by atoms with Crippen LogP contribution >= 0.6 is 0 Å². The van der Waals surface area contributed by atoms with Crippen LogP contribution in [0.15, 0.2) is 30.7 Å². The van der Waals surface area contributed by atoms with Gasteiger partial charge < -0.3 is 5.73 Å². The molecule has 0 saturated carbocycles. The maximum Gasteiger partial charge on any atom is 0.178 e. The van der Waals surface area contributed by atoms with E-state index in [9.17, 15) is 4.39 Å². The summed E-state index contributed by atoms with van der Waals surface area (Å²) in [5.41, 5.74) is 6.43. The van der Waals surface area contributed by atoms with Crippen LogP contribution in [0.1, 0.15) is 0 Å². The molecule has 0 bridgehead atoms. The molecule has 0 spiro atoms. The van der Waals surface area contributed by atoms with Gasteiger partial charge in [0.25, 0.3) is 0 Å². The predicted molar refractivity (Wildman–Crippen MR) is 49.6 cm³/mol. The maximum atomic E-state index is 12.5. The number of nitrogens with zero attached hydrogens (tertiary/aromatic N) is 3. The lowest BCUT2D eigenvalue weighted by atomic mass is 10.3. The Morgan fingerprint density at radius 2 is 1.71 bits per heavy atom. The van der Waals surface area contributed by atoms with Crippen LogP contribution in [-0.2, 0) is 0 Å². The van der Waals surface area contributed by atoms with Crippen LogP contribution < -0.4 is 5.73 Å². The van der Waals surface area contributed by atoms with Gasteiger partial charge in [0, 0.05) is 0 Å². The third-order valence-electron chi connectivity index (χ3n) is 1.63. The van der Waals surface area contributed by atoms with E-state index in [0.717, 1.165) is 6.20 Å². The molecule has 2 heterocycles. The van der Waals surface area contributed by atoms with E-state index >= 15 is 0 Å². The van der Waals surface area contributed by atoms with Crippen molar-refractivity contribution in [1.29, 1.82) is 0 Å². The first-order valence-electron chi connectivity index (χ1n) is 3.95. The zero-order valence-electron chi connectivity index (χ0n) is 7.18. The minimum Gasteiger partial charge on any atom is -0.396 e. The molecule has 0 saturated heterocycles. The highest BCUT2D eigenvalue weighted by atomic mass is 19.1. The minimum absolute atomic E-state index is 0.385. The van der Waals surface area contributed by atoms with E-state index < -0.39 is 0 Å². The van der Waals surface area contributed by atoms with E-state index in [-0.39, 0.29) is 5.82 Å². The summed E-state index contributed by atoms with van der Waals surface area (Å²) in [6.45, 7) is 0. The highest BCUT2D eigenvalue weighted by Gasteiger charge is 2.01. The fourth-order valence-electron chi connectivity index (χ4n) is 0.978. The molecule has 2 rings (SSSR count). The van der Waals surface area contributed by atoms with Crippen LogP contribution in [0.3, 0.4) is 0 Å². The molecule has 0 aliphatic carbocycles. The Bertz CT molecular complexity index is 380. The van der Waals surface area contributed by atoms with Crippen LogP contribution in [0.5, 0.6) is 0 Å². The van der Waals surface area contributed by atoms with Crippen molar-refractivity contribution in [2.24, 2.45) is 0 Å². The molecule has 2 aromatic heterocycles. The normalized spacial score (nSPS) is 10.1. The number of rotatable bonds is 1. The molecule has 0 radical (unpaired) electrons. The van der Waals surface area contributed by atoms with E-state index in [2.05, 4.69) is 15.0 Å². The number of halogens is 1. The zero-order chi connectivity index (χ0) is 9.97. The third-order valence-corrected chi connectivity index (χ3v) is 1.63. The van der Waals surface area contributed by atoms with Crippen molar-refractivity contribution in [2.45, 2.75) is 0 Å². The molecule has 0 aliphatic rings. The van der Waals surface area contributed by atoms with Crippen LogP contribution in [0.25, 0.3) is 11.5 Å². The summed E-state index contributed by atoms with van der Waals surface area (Å²) in [7, 11) is 0. The molecule has 0 atom stereocenters. The smallest absolute Gasteiger partial charge is 0.178 e. The quantitative estimate of drug-likeness (QED) is 0.735. The zero-order valence-corrected chi connectivity index (χ0v) is 7.18. The van der Waals surface area contributed by atoms with Crippen molar-refractivity contribution in [3.8, 4) is 11.5 Å². The first-order chi connectivity index (χ1) is 6.75. The Morgan fingerprint density at radius 1 is 1.00 bits per heavy atom. The molecular weight excluding hydrogens is 183 g/mol. The molecule has 0 fully saturated rings. The minimum atomic E-state index is -0.385. The Labute approximate surface area is 79.7 Å². The third kappa shape index (κ3) is 1.66. The summed E-state index contributed by atoms with van der Waals surface area (Å²) < 4.78 is 12.5. The fourth-order valence-corrected chi connectivity index (χ4v) is 0.978. The second kappa shape index (κ2) is 3.37. The molecule has 0 unspecified atom stereocenters. The largest absolute Gasteiger partial charge is 0.396 e. The molecule has 0 aromatic carbocycles. The Morgan fingerprint density at radius 3 is 2.29 bits per heavy atom. The van der Waals surface area contributed by atoms with Gasteiger partial charge in [-0.3, -0.25) is 0 Å². The van der Waals surface area contributed by atoms with Gasteiger partial charge in [-0.15, -0.1) is 0 Å². The monoisotopic (exact) mass is 190 g/mol. The van der Waals surface area contributed by atoms with Gasteiger partial charge >= 0.3 is 0 Å². The summed E-state index contributed by atoms with van der Waals surface area (Å²) in [6, 6.07) is 2.82. The topological polar surface area (TPSA) is 64.7 Å².